The number of carbonyl (C=O) groups excluding carboxylic acids is 7. The van der Waals surface area contributed by atoms with Crippen LogP contribution in [0.1, 0.15) is 102 Å². The second-order valence-corrected chi connectivity index (χ2v) is 22.2. The number of aromatic hydroxyl groups is 1. The number of Topliss-reactive ketones (excluding diaryl/α,β-unsaturated/α-hetero) is 3. The molecule has 0 unspecified atom stereocenters. The highest BCUT2D eigenvalue weighted by Gasteiger charge is 2.37. The Morgan fingerprint density at radius 1 is 0.625 bits per heavy atom. The van der Waals surface area contributed by atoms with Gasteiger partial charge in [-0.15, -0.1) is 0 Å². The lowest BCUT2D eigenvalue weighted by molar-refractivity contribution is -0.143. The number of phenolic OH excluding ortho intramolecular Hbond substituents is 1. The summed E-state index contributed by atoms with van der Waals surface area (Å²) >= 11 is 1.46. The number of carboxylic acid groups (broad SMARTS) is 1. The van der Waals surface area contributed by atoms with Crippen molar-refractivity contribution in [1.29, 1.82) is 0 Å². The van der Waals surface area contributed by atoms with Gasteiger partial charge in [-0.3, -0.25) is 38.6 Å². The van der Waals surface area contributed by atoms with E-state index in [1.807, 2.05) is 48.7 Å². The van der Waals surface area contributed by atoms with E-state index in [1.165, 1.54) is 23.9 Å². The number of ketones is 3. The molecule has 0 fully saturated rings. The Labute approximate surface area is 473 Å². The molecule has 0 radical (unpaired) electrons. The van der Waals surface area contributed by atoms with Crippen molar-refractivity contribution in [3.63, 3.8) is 0 Å². The van der Waals surface area contributed by atoms with Gasteiger partial charge in [0, 0.05) is 60.7 Å². The molecule has 0 spiro atoms. The fourth-order valence-electron chi connectivity index (χ4n) is 9.53. The first-order chi connectivity index (χ1) is 38.1. The first kappa shape index (κ1) is 65.4. The molecule has 3 aromatic carbocycles. The summed E-state index contributed by atoms with van der Waals surface area (Å²) in [6, 6.07) is 17.2. The number of nitrogens with zero attached hydrogens (tertiary/aromatic N) is 1. The van der Waals surface area contributed by atoms with Crippen molar-refractivity contribution < 1.29 is 48.6 Å². The molecule has 80 heavy (non-hydrogen) atoms. The Balaban J connectivity index is 1.57. The fraction of sp³-hybridized carbons (Fsp3) is 0.508. The zero-order valence-corrected chi connectivity index (χ0v) is 47.6. The van der Waals surface area contributed by atoms with E-state index in [9.17, 15) is 48.6 Å². The van der Waals surface area contributed by atoms with E-state index >= 15 is 0 Å². The minimum atomic E-state index is -1.21. The van der Waals surface area contributed by atoms with Crippen molar-refractivity contribution in [3.8, 4) is 5.75 Å². The van der Waals surface area contributed by atoms with E-state index in [1.54, 1.807) is 58.2 Å². The predicted molar refractivity (Wildman–Crippen MR) is 312 cm³/mol. The van der Waals surface area contributed by atoms with Crippen LogP contribution in [0.3, 0.4) is 0 Å². The molecule has 8 atom stereocenters. The Kier molecular flexibility index (Phi) is 27.4. The minimum absolute atomic E-state index is 0.00530. The Hall–Kier alpha value is -7.10. The fourth-order valence-corrected chi connectivity index (χ4v) is 10.00. The SMILES string of the molecule is CSCC[C@H](NC(=O)[C@@H](CC(=O)[C@@H](NC(=O)[C@@H](CC(=O)[C@H](Cc1ccccc1)NC(=O)[C@@H](N)CCCN=C(N)N)Cc1ccc(O)cc1)C(C)C)C(C)C)C(=O)C[C@@H](Cc1c[nH]c2ccccc12)C(=O)N[C@@H](CCCCN)C(=O)O. The number of phenols is 1. The number of carboxylic acids is 1. The van der Waals surface area contributed by atoms with Crippen molar-refractivity contribution in [2.75, 3.05) is 25.1 Å². The zero-order chi connectivity index (χ0) is 58.9. The number of benzene rings is 3. The van der Waals surface area contributed by atoms with Gasteiger partial charge in [-0.2, -0.15) is 11.8 Å². The summed E-state index contributed by atoms with van der Waals surface area (Å²) in [6.07, 6.45) is 4.85. The number of thioether (sulfide) groups is 1. The van der Waals surface area contributed by atoms with Gasteiger partial charge >= 0.3 is 5.97 Å². The number of fused-ring (bicyclic) bond motifs is 1. The molecule has 0 aliphatic heterocycles. The van der Waals surface area contributed by atoms with Crippen LogP contribution in [0.15, 0.2) is 90.1 Å². The molecule has 20 nitrogen and oxygen atoms in total. The molecule has 0 saturated carbocycles. The summed E-state index contributed by atoms with van der Waals surface area (Å²) in [5.41, 5.74) is 25.7. The first-order valence-corrected chi connectivity index (χ1v) is 28.9. The largest absolute Gasteiger partial charge is 0.508 e. The number of para-hydroxylation sites is 1. The third-order valence-corrected chi connectivity index (χ3v) is 14.9. The number of guanidine groups is 1. The second-order valence-electron chi connectivity index (χ2n) is 21.3. The number of rotatable bonds is 37. The Morgan fingerprint density at radius 2 is 1.23 bits per heavy atom. The first-order valence-electron chi connectivity index (χ1n) is 27.5. The number of unbranched alkanes of at least 4 members (excludes halogenated alkanes) is 1. The lowest BCUT2D eigenvalue weighted by Gasteiger charge is -2.29. The monoisotopic (exact) mass is 1120 g/mol. The predicted octanol–water partition coefficient (Wildman–Crippen LogP) is 4.23. The van der Waals surface area contributed by atoms with Crippen LogP contribution < -0.4 is 44.2 Å². The average Bonchev–Trinajstić information content (AvgIpc) is 3.84. The van der Waals surface area contributed by atoms with Crippen LogP contribution in [0.5, 0.6) is 5.75 Å². The molecule has 21 heteroatoms. The Morgan fingerprint density at radius 3 is 1.85 bits per heavy atom. The van der Waals surface area contributed by atoms with Crippen LogP contribution >= 0.6 is 11.8 Å². The molecule has 0 aliphatic rings. The maximum absolute atomic E-state index is 14.6. The number of hydrogen-bond donors (Lipinski definition) is 11. The number of carbonyl (C=O) groups is 8. The molecule has 15 N–H and O–H groups in total. The standard InChI is InChI=1S/C59H84N10O10S/c1-35(2)44(56(76)66-47(24-27-80-5)50(71)32-40(30-41-34-65-46-18-10-9-16-43(41)46)54(74)67-48(58(78)79)19-11-12-25-60)33-52(73)53(36(3)4)69-55(75)39(28-38-20-22-42(70)23-21-38)31-51(72)49(29-37-14-7-6-8-15-37)68-57(77)45(61)17-13-26-64-59(62)63/h6-10,14-16,18,20-23,34-36,39-40,44-45,47-49,53,65,70H,11-13,17,19,24-33,60-61H2,1-5H3,(H,66,76)(H,67,74)(H,68,77)(H,69,75)(H,78,79)(H4,62,63,64)/t39-,40-,44+,45+,47+,48+,49+,53+/m1/s1. The van der Waals surface area contributed by atoms with Crippen molar-refractivity contribution in [1.82, 2.24) is 26.3 Å². The molecule has 4 rings (SSSR count). The van der Waals surface area contributed by atoms with Gasteiger partial charge in [0.1, 0.15) is 11.8 Å². The number of aliphatic carboxylic acids is 1. The van der Waals surface area contributed by atoms with Crippen LogP contribution in [0.25, 0.3) is 10.9 Å². The summed E-state index contributed by atoms with van der Waals surface area (Å²) in [6.45, 7) is 7.66. The lowest BCUT2D eigenvalue weighted by Crippen LogP contribution is -2.51. The normalized spacial score (nSPS) is 14.4. The highest BCUT2D eigenvalue weighted by molar-refractivity contribution is 7.98. The van der Waals surface area contributed by atoms with Crippen LogP contribution in [0, 0.1) is 29.6 Å². The van der Waals surface area contributed by atoms with Gasteiger partial charge in [0.25, 0.3) is 0 Å². The van der Waals surface area contributed by atoms with Crippen LogP contribution in [-0.4, -0.2) is 123 Å². The quantitative estimate of drug-likeness (QED) is 0.0171. The van der Waals surface area contributed by atoms with Gasteiger partial charge in [-0.05, 0) is 123 Å². The summed E-state index contributed by atoms with van der Waals surface area (Å²) < 4.78 is 0. The van der Waals surface area contributed by atoms with E-state index in [4.69, 9.17) is 22.9 Å². The van der Waals surface area contributed by atoms with Gasteiger partial charge in [0.15, 0.2) is 23.3 Å². The van der Waals surface area contributed by atoms with E-state index in [2.05, 4.69) is 31.2 Å². The molecular formula is C59H84N10O10S. The molecule has 4 aromatic rings. The lowest BCUT2D eigenvalue weighted by atomic mass is 9.84. The smallest absolute Gasteiger partial charge is 0.326 e. The van der Waals surface area contributed by atoms with Gasteiger partial charge in [0.2, 0.25) is 23.6 Å². The topological polar surface area (TPSA) is 357 Å². The maximum atomic E-state index is 14.6. The van der Waals surface area contributed by atoms with E-state index in [0.29, 0.717) is 37.1 Å². The highest BCUT2D eigenvalue weighted by Crippen LogP contribution is 2.26. The number of hydrogen-bond acceptors (Lipinski definition) is 13. The number of H-pyrrole nitrogens is 1. The third-order valence-electron chi connectivity index (χ3n) is 14.2. The Bertz CT molecular complexity index is 2700. The highest BCUT2D eigenvalue weighted by atomic mass is 32.2. The minimum Gasteiger partial charge on any atom is -0.508 e. The van der Waals surface area contributed by atoms with Gasteiger partial charge in [-0.1, -0.05) is 88.4 Å². The van der Waals surface area contributed by atoms with E-state index in [0.717, 1.165) is 22.0 Å². The number of nitrogens with one attached hydrogen (secondary N) is 5. The second kappa shape index (κ2) is 33.5. The number of nitrogens with two attached hydrogens (primary N) is 4. The van der Waals surface area contributed by atoms with E-state index in [-0.39, 0.29) is 76.0 Å². The zero-order valence-electron chi connectivity index (χ0n) is 46.8. The molecule has 0 bridgehead atoms. The van der Waals surface area contributed by atoms with Gasteiger partial charge < -0.3 is 59.4 Å². The van der Waals surface area contributed by atoms with Crippen molar-refractivity contribution in [2.45, 2.75) is 135 Å². The van der Waals surface area contributed by atoms with Gasteiger partial charge in [0.05, 0.1) is 24.2 Å². The third kappa shape index (κ3) is 21.5. The van der Waals surface area contributed by atoms with Crippen LogP contribution in [0.2, 0.25) is 0 Å². The molecule has 0 saturated heterocycles. The molecule has 436 valence electrons. The number of aromatic amines is 1. The van der Waals surface area contributed by atoms with Crippen molar-refractivity contribution >= 4 is 75.6 Å². The average molecular weight is 1130 g/mol. The molecule has 0 aliphatic carbocycles. The van der Waals surface area contributed by atoms with Crippen LogP contribution in [0.4, 0.5) is 0 Å². The number of amides is 4. The van der Waals surface area contributed by atoms with Crippen LogP contribution in [-0.2, 0) is 57.6 Å². The van der Waals surface area contributed by atoms with Gasteiger partial charge in [-0.25, -0.2) is 4.79 Å². The van der Waals surface area contributed by atoms with E-state index < -0.39 is 107 Å². The molecule has 1 aromatic heterocycles. The number of aromatic nitrogens is 1. The molecular weight excluding hydrogens is 1040 g/mol. The summed E-state index contributed by atoms with van der Waals surface area (Å²) in [5, 5.41) is 32.2. The maximum Gasteiger partial charge on any atom is 0.326 e. The summed E-state index contributed by atoms with van der Waals surface area (Å²) in [5.74, 6) is -8.53. The van der Waals surface area contributed by atoms with Crippen molar-refractivity contribution in [2.24, 2.45) is 57.5 Å². The molecule has 4 amide bonds. The number of aliphatic imine (C=N–C) groups is 1. The summed E-state index contributed by atoms with van der Waals surface area (Å²) in [4.78, 5) is 120. The van der Waals surface area contributed by atoms with Crippen molar-refractivity contribution in [3.05, 3.63) is 102 Å². The summed E-state index contributed by atoms with van der Waals surface area (Å²) in [7, 11) is 0. The molecule has 1 heterocycles.